The molecule has 0 atom stereocenters. The van der Waals surface area contributed by atoms with Crippen LogP contribution in [0.2, 0.25) is 0 Å². The minimum Gasteiger partial charge on any atom is -0.457 e. The summed E-state index contributed by atoms with van der Waals surface area (Å²) in [5.41, 5.74) is -0.218. The van der Waals surface area contributed by atoms with Gasteiger partial charge in [-0.25, -0.2) is 4.79 Å². The average Bonchev–Trinajstić information content (AvgIpc) is 2.48. The van der Waals surface area contributed by atoms with Crippen molar-refractivity contribution in [3.63, 3.8) is 0 Å². The molecule has 0 saturated carbocycles. The fraction of sp³-hybridized carbons (Fsp3) is 0.188. The topological polar surface area (TPSA) is 41.6 Å². The van der Waals surface area contributed by atoms with Gasteiger partial charge in [-0.2, -0.15) is 13.2 Å². The van der Waals surface area contributed by atoms with Gasteiger partial charge in [0.05, 0.1) is 5.56 Å². The Bertz CT molecular complexity index is 682. The molecular formula is C16H15F3N2O2. The van der Waals surface area contributed by atoms with Crippen molar-refractivity contribution in [3.05, 3.63) is 54.1 Å². The number of ether oxygens (including phenoxy) is 1. The summed E-state index contributed by atoms with van der Waals surface area (Å²) in [5, 5.41) is 2.64. The highest BCUT2D eigenvalue weighted by molar-refractivity contribution is 5.88. The van der Waals surface area contributed by atoms with Crippen LogP contribution in [0.4, 0.5) is 23.7 Å². The molecule has 7 heteroatoms. The van der Waals surface area contributed by atoms with E-state index in [4.69, 9.17) is 4.74 Å². The third-order valence-electron chi connectivity index (χ3n) is 2.91. The van der Waals surface area contributed by atoms with Gasteiger partial charge in [0, 0.05) is 19.8 Å². The van der Waals surface area contributed by atoms with Crippen molar-refractivity contribution in [2.45, 2.75) is 6.18 Å². The molecule has 0 unspecified atom stereocenters. The molecule has 2 amide bonds. The maximum atomic E-state index is 12.6. The first-order valence-electron chi connectivity index (χ1n) is 6.69. The Morgan fingerprint density at radius 1 is 1.04 bits per heavy atom. The van der Waals surface area contributed by atoms with E-state index in [9.17, 15) is 18.0 Å². The third-order valence-corrected chi connectivity index (χ3v) is 2.91. The van der Waals surface area contributed by atoms with Crippen LogP contribution in [0.5, 0.6) is 11.5 Å². The molecular weight excluding hydrogens is 309 g/mol. The van der Waals surface area contributed by atoms with Crippen molar-refractivity contribution in [3.8, 4) is 11.5 Å². The maximum Gasteiger partial charge on any atom is 0.416 e. The predicted molar refractivity (Wildman–Crippen MR) is 80.7 cm³/mol. The minimum absolute atomic E-state index is 0.0879. The molecule has 0 saturated heterocycles. The molecule has 1 N–H and O–H groups in total. The van der Waals surface area contributed by atoms with E-state index < -0.39 is 11.7 Å². The van der Waals surface area contributed by atoms with Crippen molar-refractivity contribution < 1.29 is 22.7 Å². The highest BCUT2D eigenvalue weighted by Gasteiger charge is 2.30. The summed E-state index contributed by atoms with van der Waals surface area (Å²) in [7, 11) is 3.22. The molecule has 4 nitrogen and oxygen atoms in total. The van der Waals surface area contributed by atoms with Crippen molar-refractivity contribution in [1.82, 2.24) is 4.90 Å². The Morgan fingerprint density at radius 3 is 2.26 bits per heavy atom. The van der Waals surface area contributed by atoms with E-state index in [1.807, 2.05) is 0 Å². The van der Waals surface area contributed by atoms with Crippen LogP contribution >= 0.6 is 0 Å². The number of alkyl halides is 3. The number of benzene rings is 2. The molecule has 0 aliphatic carbocycles. The van der Waals surface area contributed by atoms with Gasteiger partial charge in [0.1, 0.15) is 11.5 Å². The lowest BCUT2D eigenvalue weighted by Crippen LogP contribution is -2.27. The molecule has 0 spiro atoms. The largest absolute Gasteiger partial charge is 0.457 e. The standard InChI is InChI=1S/C16H15F3N2O2/c1-21(2)15(22)20-12-6-8-13(9-7-12)23-14-5-3-4-11(10-14)16(17,18)19/h3-10H,1-2H3,(H,20,22). The van der Waals surface area contributed by atoms with Crippen LogP contribution < -0.4 is 10.1 Å². The smallest absolute Gasteiger partial charge is 0.416 e. The Labute approximate surface area is 131 Å². The molecule has 0 heterocycles. The number of rotatable bonds is 3. The predicted octanol–water partition coefficient (Wildman–Crippen LogP) is 4.59. The SMILES string of the molecule is CN(C)C(=O)Nc1ccc(Oc2cccc(C(F)(F)F)c2)cc1. The van der Waals surface area contributed by atoms with Crippen molar-refractivity contribution in [2.24, 2.45) is 0 Å². The number of nitrogens with one attached hydrogen (secondary N) is 1. The molecule has 0 fully saturated rings. The number of amides is 2. The number of hydrogen-bond donors (Lipinski definition) is 1. The summed E-state index contributed by atoms with van der Waals surface area (Å²) in [5.74, 6) is 0.456. The van der Waals surface area contributed by atoms with Crippen LogP contribution in [0, 0.1) is 0 Å². The van der Waals surface area contributed by atoms with Gasteiger partial charge in [0.25, 0.3) is 0 Å². The van der Waals surface area contributed by atoms with E-state index in [0.29, 0.717) is 11.4 Å². The zero-order valence-corrected chi connectivity index (χ0v) is 12.5. The summed E-state index contributed by atoms with van der Waals surface area (Å²) in [6.45, 7) is 0. The minimum atomic E-state index is -4.42. The normalized spacial score (nSPS) is 11.0. The number of hydrogen-bond acceptors (Lipinski definition) is 2. The quantitative estimate of drug-likeness (QED) is 0.897. The Balaban J connectivity index is 2.08. The molecule has 23 heavy (non-hydrogen) atoms. The lowest BCUT2D eigenvalue weighted by molar-refractivity contribution is -0.137. The van der Waals surface area contributed by atoms with Gasteiger partial charge < -0.3 is 15.0 Å². The van der Waals surface area contributed by atoms with Crippen molar-refractivity contribution in [1.29, 1.82) is 0 Å². The fourth-order valence-electron chi connectivity index (χ4n) is 1.71. The summed E-state index contributed by atoms with van der Waals surface area (Å²) in [6, 6.07) is 10.7. The summed E-state index contributed by atoms with van der Waals surface area (Å²) in [4.78, 5) is 12.9. The van der Waals surface area contributed by atoms with Crippen molar-refractivity contribution in [2.75, 3.05) is 19.4 Å². The van der Waals surface area contributed by atoms with E-state index in [2.05, 4.69) is 5.32 Å². The molecule has 2 aromatic carbocycles. The van der Waals surface area contributed by atoms with Gasteiger partial charge in [-0.15, -0.1) is 0 Å². The zero-order chi connectivity index (χ0) is 17.0. The first-order valence-corrected chi connectivity index (χ1v) is 6.69. The van der Waals surface area contributed by atoms with Crippen LogP contribution in [-0.2, 0) is 6.18 Å². The van der Waals surface area contributed by atoms with Gasteiger partial charge in [-0.1, -0.05) is 6.07 Å². The van der Waals surface area contributed by atoms with Gasteiger partial charge in [0.15, 0.2) is 0 Å². The number of urea groups is 1. The van der Waals surface area contributed by atoms with E-state index in [-0.39, 0.29) is 11.8 Å². The molecule has 0 aromatic heterocycles. The van der Waals surface area contributed by atoms with Crippen LogP contribution in [0.25, 0.3) is 0 Å². The Kier molecular flexibility index (Phi) is 4.78. The molecule has 0 aliphatic heterocycles. The number of nitrogens with zero attached hydrogens (tertiary/aromatic N) is 1. The van der Waals surface area contributed by atoms with Crippen LogP contribution in [0.1, 0.15) is 5.56 Å². The van der Waals surface area contributed by atoms with Crippen LogP contribution in [0.15, 0.2) is 48.5 Å². The van der Waals surface area contributed by atoms with Crippen molar-refractivity contribution >= 4 is 11.7 Å². The van der Waals surface area contributed by atoms with Gasteiger partial charge in [-0.05, 0) is 42.5 Å². The van der Waals surface area contributed by atoms with Gasteiger partial charge >= 0.3 is 12.2 Å². The number of carbonyl (C=O) groups is 1. The molecule has 0 radical (unpaired) electrons. The van der Waals surface area contributed by atoms with E-state index in [1.54, 1.807) is 38.4 Å². The third kappa shape index (κ3) is 4.64. The molecule has 0 aliphatic rings. The lowest BCUT2D eigenvalue weighted by atomic mass is 10.2. The van der Waals surface area contributed by atoms with Crippen LogP contribution in [0.3, 0.4) is 0 Å². The molecule has 2 rings (SSSR count). The lowest BCUT2D eigenvalue weighted by Gasteiger charge is -2.13. The summed E-state index contributed by atoms with van der Waals surface area (Å²) >= 11 is 0. The van der Waals surface area contributed by atoms with Crippen LogP contribution in [-0.4, -0.2) is 25.0 Å². The van der Waals surface area contributed by atoms with Gasteiger partial charge in [0.2, 0.25) is 0 Å². The Morgan fingerprint density at radius 2 is 1.70 bits per heavy atom. The first kappa shape index (κ1) is 16.7. The number of anilines is 1. The van der Waals surface area contributed by atoms with E-state index in [0.717, 1.165) is 12.1 Å². The maximum absolute atomic E-state index is 12.6. The summed E-state index contributed by atoms with van der Waals surface area (Å²) in [6.07, 6.45) is -4.42. The monoisotopic (exact) mass is 324 g/mol. The number of halogens is 3. The second-order valence-corrected chi connectivity index (χ2v) is 4.98. The zero-order valence-electron chi connectivity index (χ0n) is 12.5. The second-order valence-electron chi connectivity index (χ2n) is 4.98. The molecule has 2 aromatic rings. The fourth-order valence-corrected chi connectivity index (χ4v) is 1.71. The first-order chi connectivity index (χ1) is 10.8. The molecule has 122 valence electrons. The average molecular weight is 324 g/mol. The van der Waals surface area contributed by atoms with Gasteiger partial charge in [-0.3, -0.25) is 0 Å². The number of carbonyl (C=O) groups excluding carboxylic acids is 1. The second kappa shape index (κ2) is 6.60. The summed E-state index contributed by atoms with van der Waals surface area (Å²) < 4.78 is 43.3. The van der Waals surface area contributed by atoms with E-state index in [1.165, 1.54) is 17.0 Å². The Hall–Kier alpha value is -2.70. The highest BCUT2D eigenvalue weighted by Crippen LogP contribution is 2.32. The molecule has 0 bridgehead atoms. The highest BCUT2D eigenvalue weighted by atomic mass is 19.4. The van der Waals surface area contributed by atoms with E-state index >= 15 is 0 Å².